The average molecular weight is 601 g/mol. The van der Waals surface area contributed by atoms with Gasteiger partial charge in [0.1, 0.15) is 18.0 Å². The molecule has 43 heavy (non-hydrogen) atoms. The van der Waals surface area contributed by atoms with Gasteiger partial charge in [-0.15, -0.1) is 0 Å². The summed E-state index contributed by atoms with van der Waals surface area (Å²) in [4.78, 5) is 24.5. The number of carbonyl (C=O) groups is 1. The van der Waals surface area contributed by atoms with Crippen molar-refractivity contribution in [1.29, 1.82) is 0 Å². The molecule has 0 bridgehead atoms. The lowest BCUT2D eigenvalue weighted by molar-refractivity contribution is -0.0592. The van der Waals surface area contributed by atoms with E-state index < -0.39 is 0 Å². The van der Waals surface area contributed by atoms with Gasteiger partial charge in [0.2, 0.25) is 5.88 Å². The minimum Gasteiger partial charge on any atom is -0.473 e. The molecule has 0 amide bonds. The van der Waals surface area contributed by atoms with Gasteiger partial charge in [0, 0.05) is 35.2 Å². The van der Waals surface area contributed by atoms with Gasteiger partial charge < -0.3 is 23.2 Å². The fourth-order valence-electron chi connectivity index (χ4n) is 6.05. The molecule has 2 aliphatic heterocycles. The summed E-state index contributed by atoms with van der Waals surface area (Å²) in [6, 6.07) is 17.2. The van der Waals surface area contributed by atoms with Crippen molar-refractivity contribution in [3.63, 3.8) is 0 Å². The van der Waals surface area contributed by atoms with Gasteiger partial charge in [-0.25, -0.2) is 14.8 Å². The summed E-state index contributed by atoms with van der Waals surface area (Å²) >= 11 is 6.28. The Morgan fingerprint density at radius 1 is 1.07 bits per heavy atom. The predicted octanol–water partition coefficient (Wildman–Crippen LogP) is 6.37. The van der Waals surface area contributed by atoms with E-state index in [2.05, 4.69) is 15.5 Å². The Kier molecular flexibility index (Phi) is 7.78. The topological polar surface area (TPSA) is 91.9 Å². The van der Waals surface area contributed by atoms with E-state index >= 15 is 0 Å². The monoisotopic (exact) mass is 600 g/mol. The number of furan rings is 1. The summed E-state index contributed by atoms with van der Waals surface area (Å²) in [5, 5.41) is 1.55. The maximum atomic E-state index is 12.2. The minimum atomic E-state index is -0.346. The molecule has 3 aromatic heterocycles. The molecule has 2 saturated heterocycles. The van der Waals surface area contributed by atoms with Crippen molar-refractivity contribution in [3.8, 4) is 5.88 Å². The molecule has 0 unspecified atom stereocenters. The normalized spacial score (nSPS) is 17.8. The van der Waals surface area contributed by atoms with Gasteiger partial charge in [-0.3, -0.25) is 4.90 Å². The standard InChI is InChI=1S/C33H33ClN4O5/c1-40-33(39)22-6-8-28-29(17-22)38(18-24-11-15-41-24)30(35-28)19-37-13-9-21(10-14-37)27-3-2-4-31(36-27)43-20-23-5-7-26(34)25-12-16-42-32(23)25/h2-8,12,16-17,21,24H,9-11,13-15,18-20H2,1H3/t24-/m0/s1. The first-order chi connectivity index (χ1) is 21.1. The molecule has 0 saturated carbocycles. The van der Waals surface area contributed by atoms with Gasteiger partial charge in [0.15, 0.2) is 0 Å². The van der Waals surface area contributed by atoms with Gasteiger partial charge in [0.25, 0.3) is 0 Å². The first kappa shape index (κ1) is 27.9. The number of hydrogen-bond acceptors (Lipinski definition) is 8. The van der Waals surface area contributed by atoms with Crippen LogP contribution >= 0.6 is 11.6 Å². The Bertz CT molecular complexity index is 1770. The van der Waals surface area contributed by atoms with Gasteiger partial charge in [-0.1, -0.05) is 23.7 Å². The van der Waals surface area contributed by atoms with Gasteiger partial charge in [0.05, 0.1) is 54.2 Å². The Morgan fingerprint density at radius 3 is 2.72 bits per heavy atom. The summed E-state index contributed by atoms with van der Waals surface area (Å²) in [5.74, 6) is 1.61. The molecule has 1 atom stereocenters. The zero-order valence-electron chi connectivity index (χ0n) is 24.0. The molecule has 2 aromatic carbocycles. The summed E-state index contributed by atoms with van der Waals surface area (Å²) in [7, 11) is 1.40. The van der Waals surface area contributed by atoms with Crippen molar-refractivity contribution in [2.24, 2.45) is 0 Å². The average Bonchev–Trinajstić information content (AvgIpc) is 3.64. The quantitative estimate of drug-likeness (QED) is 0.180. The minimum absolute atomic E-state index is 0.175. The molecule has 0 N–H and O–H groups in total. The Labute approximate surface area is 254 Å². The fraction of sp³-hybridized carbons (Fsp3) is 0.364. The SMILES string of the molecule is COC(=O)c1ccc2nc(CN3CCC(c4cccc(OCc5ccc(Cl)c6ccoc56)n4)CC3)n(C[C@@H]3CCO3)c2c1. The largest absolute Gasteiger partial charge is 0.473 e. The molecule has 0 aliphatic carbocycles. The van der Waals surface area contributed by atoms with Gasteiger partial charge >= 0.3 is 5.97 Å². The highest BCUT2D eigenvalue weighted by molar-refractivity contribution is 6.35. The number of nitrogens with zero attached hydrogens (tertiary/aromatic N) is 4. The predicted molar refractivity (Wildman–Crippen MR) is 162 cm³/mol. The van der Waals surface area contributed by atoms with E-state index in [1.165, 1.54) is 7.11 Å². The van der Waals surface area contributed by atoms with Crippen LogP contribution in [-0.2, 0) is 29.2 Å². The van der Waals surface area contributed by atoms with Crippen molar-refractivity contribution in [2.45, 2.75) is 51.0 Å². The highest BCUT2D eigenvalue weighted by atomic mass is 35.5. The number of methoxy groups -OCH3 is 1. The smallest absolute Gasteiger partial charge is 0.337 e. The first-order valence-electron chi connectivity index (χ1n) is 14.7. The number of rotatable bonds is 9. The third kappa shape index (κ3) is 5.72. The highest BCUT2D eigenvalue weighted by Gasteiger charge is 2.26. The Balaban J connectivity index is 1.01. The second kappa shape index (κ2) is 12.0. The van der Waals surface area contributed by atoms with Crippen LogP contribution in [0.5, 0.6) is 5.88 Å². The van der Waals surface area contributed by atoms with Crippen LogP contribution in [0.15, 0.2) is 65.3 Å². The molecule has 10 heteroatoms. The van der Waals surface area contributed by atoms with Crippen LogP contribution in [0.4, 0.5) is 0 Å². The molecular weight excluding hydrogens is 568 g/mol. The number of pyridine rings is 1. The number of hydrogen-bond donors (Lipinski definition) is 0. The number of carbonyl (C=O) groups excluding carboxylic acids is 1. The van der Waals surface area contributed by atoms with Crippen molar-refractivity contribution in [1.82, 2.24) is 19.4 Å². The Morgan fingerprint density at radius 2 is 1.93 bits per heavy atom. The lowest BCUT2D eigenvalue weighted by Crippen LogP contribution is -2.35. The van der Waals surface area contributed by atoms with Crippen LogP contribution in [-0.4, -0.2) is 58.3 Å². The lowest BCUT2D eigenvalue weighted by Gasteiger charge is -2.32. The first-order valence-corrected chi connectivity index (χ1v) is 15.1. The van der Waals surface area contributed by atoms with E-state index in [4.69, 9.17) is 40.2 Å². The molecule has 5 heterocycles. The van der Waals surface area contributed by atoms with Crippen molar-refractivity contribution in [3.05, 3.63) is 88.5 Å². The van der Waals surface area contributed by atoms with Crippen molar-refractivity contribution in [2.75, 3.05) is 26.8 Å². The molecule has 2 aliphatic rings. The van der Waals surface area contributed by atoms with Crippen LogP contribution in [0.3, 0.4) is 0 Å². The van der Waals surface area contributed by atoms with Crippen LogP contribution < -0.4 is 4.74 Å². The molecule has 2 fully saturated rings. The van der Waals surface area contributed by atoms with E-state index in [0.29, 0.717) is 29.0 Å². The van der Waals surface area contributed by atoms with Gasteiger partial charge in [-0.05, 0) is 68.8 Å². The molecule has 0 radical (unpaired) electrons. The number of fused-ring (bicyclic) bond motifs is 2. The maximum absolute atomic E-state index is 12.2. The summed E-state index contributed by atoms with van der Waals surface area (Å²) in [6.07, 6.45) is 4.85. The number of aromatic nitrogens is 3. The molecule has 0 spiro atoms. The zero-order valence-corrected chi connectivity index (χ0v) is 24.8. The number of ether oxygens (including phenoxy) is 3. The van der Waals surface area contributed by atoms with Crippen molar-refractivity contribution >= 4 is 39.6 Å². The lowest BCUT2D eigenvalue weighted by atomic mass is 9.93. The third-order valence-corrected chi connectivity index (χ3v) is 8.89. The Hall–Kier alpha value is -3.92. The molecule has 7 rings (SSSR count). The summed E-state index contributed by atoms with van der Waals surface area (Å²) in [5.41, 5.74) is 5.08. The molecular formula is C33H33ClN4O5. The van der Waals surface area contributed by atoms with E-state index in [0.717, 1.165) is 91.1 Å². The van der Waals surface area contributed by atoms with Crippen LogP contribution in [0.25, 0.3) is 22.0 Å². The number of likely N-dealkylation sites (tertiary alicyclic amines) is 1. The second-order valence-electron chi connectivity index (χ2n) is 11.2. The van der Waals surface area contributed by atoms with Crippen molar-refractivity contribution < 1.29 is 23.4 Å². The van der Waals surface area contributed by atoms with E-state index in [1.54, 1.807) is 12.3 Å². The van der Waals surface area contributed by atoms with E-state index in [1.807, 2.05) is 42.5 Å². The molecule has 222 valence electrons. The third-order valence-electron chi connectivity index (χ3n) is 8.56. The zero-order chi connectivity index (χ0) is 29.3. The number of imidazole rings is 1. The summed E-state index contributed by atoms with van der Waals surface area (Å²) in [6.45, 7) is 4.49. The number of halogens is 1. The van der Waals surface area contributed by atoms with E-state index in [-0.39, 0.29) is 12.1 Å². The second-order valence-corrected chi connectivity index (χ2v) is 11.6. The fourth-order valence-corrected chi connectivity index (χ4v) is 6.26. The molecule has 9 nitrogen and oxygen atoms in total. The van der Waals surface area contributed by atoms with E-state index in [9.17, 15) is 4.79 Å². The number of esters is 1. The van der Waals surface area contributed by atoms with Crippen LogP contribution in [0.2, 0.25) is 5.02 Å². The highest BCUT2D eigenvalue weighted by Crippen LogP contribution is 2.31. The van der Waals surface area contributed by atoms with Crippen LogP contribution in [0.1, 0.15) is 52.6 Å². The van der Waals surface area contributed by atoms with Gasteiger partial charge in [-0.2, -0.15) is 0 Å². The molecule has 5 aromatic rings. The number of piperidine rings is 1. The maximum Gasteiger partial charge on any atom is 0.337 e. The number of benzene rings is 2. The summed E-state index contributed by atoms with van der Waals surface area (Å²) < 4.78 is 24.6. The van der Waals surface area contributed by atoms with Crippen LogP contribution in [0, 0.1) is 0 Å².